The van der Waals surface area contributed by atoms with E-state index in [-0.39, 0.29) is 22.4 Å². The number of nitrogens with zero attached hydrogens (tertiary/aromatic N) is 3. The van der Waals surface area contributed by atoms with Crippen molar-refractivity contribution in [1.82, 2.24) is 4.90 Å². The van der Waals surface area contributed by atoms with E-state index in [1.54, 1.807) is 12.1 Å². The Labute approximate surface area is 159 Å². The lowest BCUT2D eigenvalue weighted by Crippen LogP contribution is -2.42. The van der Waals surface area contributed by atoms with E-state index in [1.165, 1.54) is 6.07 Å². The van der Waals surface area contributed by atoms with Gasteiger partial charge in [0.05, 0.1) is 4.92 Å². The minimum atomic E-state index is -0.342. The van der Waals surface area contributed by atoms with Crippen molar-refractivity contribution in [2.75, 3.05) is 24.5 Å². The van der Waals surface area contributed by atoms with Crippen LogP contribution in [-0.2, 0) is 11.3 Å². The molecule has 6 nitrogen and oxygen atoms in total. The normalized spacial score (nSPS) is 14.8. The molecule has 27 heavy (non-hydrogen) atoms. The predicted molar refractivity (Wildman–Crippen MR) is 106 cm³/mol. The maximum absolute atomic E-state index is 13.0. The molecule has 0 bridgehead atoms. The second kappa shape index (κ2) is 8.66. The third-order valence-electron chi connectivity index (χ3n) is 5.17. The second-order valence-electron chi connectivity index (χ2n) is 6.85. The number of hydrogen-bond acceptors (Lipinski definition) is 4. The number of nitro benzene ring substituents is 1. The van der Waals surface area contributed by atoms with E-state index in [2.05, 4.69) is 0 Å². The Morgan fingerprint density at radius 2 is 1.74 bits per heavy atom. The molecular formula is C21H25N3O3. The number of nitro groups is 1. The number of benzene rings is 2. The molecule has 0 atom stereocenters. The Kier molecular flexibility index (Phi) is 6.06. The number of carbonyl (C=O) groups excluding carboxylic acids is 1. The summed E-state index contributed by atoms with van der Waals surface area (Å²) in [6, 6.07) is 16.8. The summed E-state index contributed by atoms with van der Waals surface area (Å²) >= 11 is 0. The topological polar surface area (TPSA) is 66.7 Å². The predicted octanol–water partition coefficient (Wildman–Crippen LogP) is 3.86. The first-order chi connectivity index (χ1) is 13.1. The molecule has 0 radical (unpaired) electrons. The summed E-state index contributed by atoms with van der Waals surface area (Å²) in [6.07, 6.45) is 1.44. The van der Waals surface area contributed by atoms with Crippen LogP contribution in [0.5, 0.6) is 0 Å². The fraction of sp³-hybridized carbons (Fsp3) is 0.381. The molecular weight excluding hydrogens is 342 g/mol. The van der Waals surface area contributed by atoms with Gasteiger partial charge in [-0.15, -0.1) is 0 Å². The van der Waals surface area contributed by atoms with Gasteiger partial charge in [0.1, 0.15) is 5.69 Å². The van der Waals surface area contributed by atoms with Crippen LogP contribution < -0.4 is 4.90 Å². The average Bonchev–Trinajstić information content (AvgIpc) is 2.72. The van der Waals surface area contributed by atoms with Gasteiger partial charge in [0, 0.05) is 38.2 Å². The molecule has 1 fully saturated rings. The van der Waals surface area contributed by atoms with Crippen LogP contribution in [0.3, 0.4) is 0 Å². The fourth-order valence-corrected chi connectivity index (χ4v) is 3.66. The van der Waals surface area contributed by atoms with E-state index in [1.807, 2.05) is 53.1 Å². The highest BCUT2D eigenvalue weighted by Crippen LogP contribution is 2.31. The molecule has 3 rings (SSSR count). The lowest BCUT2D eigenvalue weighted by atomic mass is 9.94. The largest absolute Gasteiger partial charge is 0.366 e. The van der Waals surface area contributed by atoms with E-state index in [0.29, 0.717) is 31.9 Å². The Balaban J connectivity index is 1.63. The van der Waals surface area contributed by atoms with Crippen molar-refractivity contribution in [3.63, 3.8) is 0 Å². The van der Waals surface area contributed by atoms with Crippen molar-refractivity contribution in [3.05, 3.63) is 70.3 Å². The highest BCUT2D eigenvalue weighted by atomic mass is 16.6. The first-order valence-corrected chi connectivity index (χ1v) is 9.41. The molecule has 142 valence electrons. The highest BCUT2D eigenvalue weighted by molar-refractivity contribution is 5.79. The van der Waals surface area contributed by atoms with E-state index in [4.69, 9.17) is 0 Å². The van der Waals surface area contributed by atoms with Gasteiger partial charge >= 0.3 is 0 Å². The smallest absolute Gasteiger partial charge is 0.292 e. The number of para-hydroxylation sites is 2. The van der Waals surface area contributed by atoms with Crippen molar-refractivity contribution in [2.24, 2.45) is 5.92 Å². The van der Waals surface area contributed by atoms with Gasteiger partial charge in [-0.3, -0.25) is 14.9 Å². The third kappa shape index (κ3) is 4.45. The van der Waals surface area contributed by atoms with Crippen LogP contribution in [0.15, 0.2) is 54.6 Å². The molecule has 2 aromatic rings. The summed E-state index contributed by atoms with van der Waals surface area (Å²) in [7, 11) is 0. The van der Waals surface area contributed by atoms with Gasteiger partial charge in [-0.25, -0.2) is 0 Å². The van der Waals surface area contributed by atoms with Crippen molar-refractivity contribution >= 4 is 17.3 Å². The van der Waals surface area contributed by atoms with Crippen molar-refractivity contribution < 1.29 is 9.72 Å². The quantitative estimate of drug-likeness (QED) is 0.574. The fourth-order valence-electron chi connectivity index (χ4n) is 3.66. The summed E-state index contributed by atoms with van der Waals surface area (Å²) in [5.41, 5.74) is 1.90. The van der Waals surface area contributed by atoms with E-state index in [9.17, 15) is 14.9 Å². The molecule has 1 saturated heterocycles. The monoisotopic (exact) mass is 367 g/mol. The second-order valence-corrected chi connectivity index (χ2v) is 6.85. The summed E-state index contributed by atoms with van der Waals surface area (Å²) in [5, 5.41) is 11.3. The minimum Gasteiger partial charge on any atom is -0.366 e. The summed E-state index contributed by atoms with van der Waals surface area (Å²) in [6.45, 7) is 4.62. The molecule has 0 aromatic heterocycles. The number of carbonyl (C=O) groups is 1. The molecule has 2 aromatic carbocycles. The molecule has 1 heterocycles. The Hall–Kier alpha value is -2.89. The van der Waals surface area contributed by atoms with Gasteiger partial charge in [0.15, 0.2) is 0 Å². The van der Waals surface area contributed by atoms with Crippen molar-refractivity contribution in [1.29, 1.82) is 0 Å². The van der Waals surface area contributed by atoms with Gasteiger partial charge in [-0.1, -0.05) is 42.5 Å². The number of amides is 1. The molecule has 0 saturated carbocycles. The van der Waals surface area contributed by atoms with E-state index in [0.717, 1.165) is 18.4 Å². The Bertz CT molecular complexity index is 786. The number of anilines is 1. The zero-order valence-corrected chi connectivity index (χ0v) is 15.6. The van der Waals surface area contributed by atoms with Crippen LogP contribution in [0.4, 0.5) is 11.4 Å². The van der Waals surface area contributed by atoms with Crippen LogP contribution in [0.2, 0.25) is 0 Å². The Morgan fingerprint density at radius 1 is 1.11 bits per heavy atom. The summed E-state index contributed by atoms with van der Waals surface area (Å²) < 4.78 is 0. The first kappa shape index (κ1) is 18.9. The minimum absolute atomic E-state index is 0.0207. The zero-order valence-electron chi connectivity index (χ0n) is 15.6. The molecule has 0 N–H and O–H groups in total. The maximum atomic E-state index is 13.0. The molecule has 1 aliphatic rings. The average molecular weight is 367 g/mol. The van der Waals surface area contributed by atoms with Crippen molar-refractivity contribution in [2.45, 2.75) is 26.3 Å². The maximum Gasteiger partial charge on any atom is 0.292 e. The van der Waals surface area contributed by atoms with Gasteiger partial charge < -0.3 is 9.80 Å². The van der Waals surface area contributed by atoms with Gasteiger partial charge in [-0.2, -0.15) is 0 Å². The van der Waals surface area contributed by atoms with Crippen LogP contribution >= 0.6 is 0 Å². The first-order valence-electron chi connectivity index (χ1n) is 9.41. The van der Waals surface area contributed by atoms with Gasteiger partial charge in [-0.05, 0) is 31.4 Å². The summed E-state index contributed by atoms with van der Waals surface area (Å²) in [5.74, 6) is 0.163. The molecule has 1 amide bonds. The van der Waals surface area contributed by atoms with Crippen LogP contribution in [0.1, 0.15) is 25.3 Å². The van der Waals surface area contributed by atoms with Crippen molar-refractivity contribution in [3.8, 4) is 0 Å². The van der Waals surface area contributed by atoms with Crippen LogP contribution in [-0.4, -0.2) is 35.4 Å². The number of hydrogen-bond donors (Lipinski definition) is 0. The molecule has 6 heteroatoms. The lowest BCUT2D eigenvalue weighted by molar-refractivity contribution is -0.384. The van der Waals surface area contributed by atoms with Gasteiger partial charge in [0.2, 0.25) is 5.91 Å². The lowest BCUT2D eigenvalue weighted by Gasteiger charge is -2.35. The summed E-state index contributed by atoms with van der Waals surface area (Å²) in [4.78, 5) is 27.8. The Morgan fingerprint density at radius 3 is 2.37 bits per heavy atom. The van der Waals surface area contributed by atoms with Crippen LogP contribution in [0.25, 0.3) is 0 Å². The number of rotatable bonds is 6. The SMILES string of the molecule is CCN(Cc1ccccc1)C(=O)C1CCN(c2ccccc2[N+](=O)[O-])CC1. The molecule has 1 aliphatic heterocycles. The number of piperidine rings is 1. The molecule has 0 spiro atoms. The van der Waals surface area contributed by atoms with Crippen LogP contribution in [0, 0.1) is 16.0 Å². The molecule has 0 unspecified atom stereocenters. The molecule has 0 aliphatic carbocycles. The highest BCUT2D eigenvalue weighted by Gasteiger charge is 2.30. The van der Waals surface area contributed by atoms with E-state index < -0.39 is 0 Å². The van der Waals surface area contributed by atoms with Gasteiger partial charge in [0.25, 0.3) is 5.69 Å². The standard InChI is InChI=1S/C21H25N3O3/c1-2-22(16-17-8-4-3-5-9-17)21(25)18-12-14-23(15-13-18)19-10-6-7-11-20(19)24(26)27/h3-11,18H,2,12-16H2,1H3. The van der Waals surface area contributed by atoms with E-state index >= 15 is 0 Å². The third-order valence-corrected chi connectivity index (χ3v) is 5.17. The zero-order chi connectivity index (χ0) is 19.2.